The Hall–Kier alpha value is -0.960. The van der Waals surface area contributed by atoms with Gasteiger partial charge in [0.05, 0.1) is 16.4 Å². The number of anilines is 2. The predicted octanol–water partition coefficient (Wildman–Crippen LogP) is 3.51. The van der Waals surface area contributed by atoms with Crippen LogP contribution in [0.25, 0.3) is 0 Å². The van der Waals surface area contributed by atoms with E-state index in [-0.39, 0.29) is 10.8 Å². The molecule has 0 aromatic heterocycles. The van der Waals surface area contributed by atoms with E-state index in [9.17, 15) is 4.39 Å². The fourth-order valence-corrected chi connectivity index (χ4v) is 4.24. The Morgan fingerprint density at radius 3 is 3.11 bits per heavy atom. The second-order valence-electron chi connectivity index (χ2n) is 5.74. The van der Waals surface area contributed by atoms with Crippen molar-refractivity contribution in [3.05, 3.63) is 23.0 Å². The van der Waals surface area contributed by atoms with E-state index in [1.807, 2.05) is 0 Å². The van der Waals surface area contributed by atoms with E-state index in [0.29, 0.717) is 6.04 Å². The highest BCUT2D eigenvalue weighted by atomic mass is 35.5. The number of hydrogen-bond donors (Lipinski definition) is 1. The lowest BCUT2D eigenvalue weighted by Gasteiger charge is -2.36. The molecule has 3 aliphatic rings. The molecule has 4 rings (SSSR count). The normalized spacial score (nSPS) is 32.8. The van der Waals surface area contributed by atoms with Crippen LogP contribution in [0.1, 0.15) is 19.3 Å². The second-order valence-corrected chi connectivity index (χ2v) is 6.15. The molecule has 2 aliphatic heterocycles. The molecule has 1 saturated heterocycles. The van der Waals surface area contributed by atoms with Crippen LogP contribution in [0.5, 0.6) is 0 Å². The number of halogens is 2. The standard InChI is InChI=1S/C14H16ClFN2/c15-10-4-13-12(5-11(10)16)17-6-14-9-3-1-2-8(9)7-18(13)14/h4-5,8-9,14,17H,1-3,6-7H2. The molecule has 3 unspecified atom stereocenters. The van der Waals surface area contributed by atoms with Gasteiger partial charge in [-0.25, -0.2) is 4.39 Å². The van der Waals surface area contributed by atoms with Crippen molar-refractivity contribution in [3.8, 4) is 0 Å². The molecule has 0 spiro atoms. The molecule has 2 heterocycles. The maximum absolute atomic E-state index is 13.5. The number of nitrogens with zero attached hydrogens (tertiary/aromatic N) is 1. The molecule has 1 saturated carbocycles. The minimum atomic E-state index is -0.333. The highest BCUT2D eigenvalue weighted by Gasteiger charge is 2.46. The average molecular weight is 267 g/mol. The Kier molecular flexibility index (Phi) is 2.28. The third kappa shape index (κ3) is 1.40. The van der Waals surface area contributed by atoms with E-state index in [1.165, 1.54) is 25.3 Å². The molecule has 0 bridgehead atoms. The summed E-state index contributed by atoms with van der Waals surface area (Å²) in [6, 6.07) is 3.89. The monoisotopic (exact) mass is 266 g/mol. The summed E-state index contributed by atoms with van der Waals surface area (Å²) in [7, 11) is 0. The fraction of sp³-hybridized carbons (Fsp3) is 0.571. The molecule has 1 aromatic rings. The van der Waals surface area contributed by atoms with Crippen LogP contribution in [0.2, 0.25) is 5.02 Å². The van der Waals surface area contributed by atoms with Crippen molar-refractivity contribution >= 4 is 23.0 Å². The molecule has 2 fully saturated rings. The smallest absolute Gasteiger partial charge is 0.143 e. The van der Waals surface area contributed by atoms with Gasteiger partial charge in [0, 0.05) is 25.2 Å². The van der Waals surface area contributed by atoms with Gasteiger partial charge in [0.1, 0.15) is 5.82 Å². The van der Waals surface area contributed by atoms with Crippen molar-refractivity contribution < 1.29 is 4.39 Å². The van der Waals surface area contributed by atoms with E-state index in [2.05, 4.69) is 10.2 Å². The predicted molar refractivity (Wildman–Crippen MR) is 71.9 cm³/mol. The zero-order chi connectivity index (χ0) is 12.3. The molecule has 3 atom stereocenters. The lowest BCUT2D eigenvalue weighted by Crippen LogP contribution is -2.42. The van der Waals surface area contributed by atoms with Crippen molar-refractivity contribution in [2.45, 2.75) is 25.3 Å². The first-order valence-corrected chi connectivity index (χ1v) is 7.11. The van der Waals surface area contributed by atoms with Crippen molar-refractivity contribution in [2.24, 2.45) is 11.8 Å². The van der Waals surface area contributed by atoms with E-state index < -0.39 is 0 Å². The van der Waals surface area contributed by atoms with Crippen LogP contribution in [0, 0.1) is 17.7 Å². The summed E-state index contributed by atoms with van der Waals surface area (Å²) >= 11 is 5.93. The van der Waals surface area contributed by atoms with E-state index in [4.69, 9.17) is 11.6 Å². The lowest BCUT2D eigenvalue weighted by molar-refractivity contribution is 0.429. The summed E-state index contributed by atoms with van der Waals surface area (Å²) in [5, 5.41) is 3.60. The molecule has 4 heteroatoms. The average Bonchev–Trinajstić information content (AvgIpc) is 2.91. The largest absolute Gasteiger partial charge is 0.381 e. The molecular weight excluding hydrogens is 251 g/mol. The van der Waals surface area contributed by atoms with Crippen molar-refractivity contribution in [1.29, 1.82) is 0 Å². The van der Waals surface area contributed by atoms with Crippen molar-refractivity contribution in [3.63, 3.8) is 0 Å². The Morgan fingerprint density at radius 1 is 1.33 bits per heavy atom. The highest BCUT2D eigenvalue weighted by Crippen LogP contribution is 2.48. The van der Waals surface area contributed by atoms with E-state index in [1.54, 1.807) is 6.07 Å². The van der Waals surface area contributed by atoms with Gasteiger partial charge in [-0.2, -0.15) is 0 Å². The van der Waals surface area contributed by atoms with Crippen LogP contribution in [-0.4, -0.2) is 19.1 Å². The Balaban J connectivity index is 1.76. The molecule has 0 radical (unpaired) electrons. The number of nitrogens with one attached hydrogen (secondary N) is 1. The van der Waals surface area contributed by atoms with Gasteiger partial charge in [0.15, 0.2) is 0 Å². The van der Waals surface area contributed by atoms with Crippen LogP contribution in [-0.2, 0) is 0 Å². The van der Waals surface area contributed by atoms with Crippen molar-refractivity contribution in [1.82, 2.24) is 0 Å². The first-order chi connectivity index (χ1) is 8.74. The maximum atomic E-state index is 13.5. The second kappa shape index (κ2) is 3.77. The minimum absolute atomic E-state index is 0.230. The number of hydrogen-bond acceptors (Lipinski definition) is 2. The third-order valence-electron chi connectivity index (χ3n) is 4.89. The SMILES string of the molecule is Fc1cc2c(cc1Cl)N1CC3CCCC3C1CN2. The quantitative estimate of drug-likeness (QED) is 0.773. The summed E-state index contributed by atoms with van der Waals surface area (Å²) in [5.74, 6) is 1.31. The molecule has 2 nitrogen and oxygen atoms in total. The molecule has 18 heavy (non-hydrogen) atoms. The Labute approximate surface area is 111 Å². The first-order valence-electron chi connectivity index (χ1n) is 6.73. The molecule has 96 valence electrons. The third-order valence-corrected chi connectivity index (χ3v) is 5.18. The van der Waals surface area contributed by atoms with Crippen LogP contribution in [0.4, 0.5) is 15.8 Å². The molecule has 1 aliphatic carbocycles. The highest BCUT2D eigenvalue weighted by molar-refractivity contribution is 6.31. The number of fused-ring (bicyclic) bond motifs is 5. The van der Waals surface area contributed by atoms with E-state index >= 15 is 0 Å². The number of rotatable bonds is 0. The lowest BCUT2D eigenvalue weighted by atomic mass is 9.93. The molecule has 0 amide bonds. The molecule has 1 N–H and O–H groups in total. The summed E-state index contributed by atoms with van der Waals surface area (Å²) in [5.41, 5.74) is 1.99. The summed E-state index contributed by atoms with van der Waals surface area (Å²) in [6.45, 7) is 2.06. The van der Waals surface area contributed by atoms with Crippen LogP contribution >= 0.6 is 11.6 Å². The summed E-state index contributed by atoms with van der Waals surface area (Å²) in [6.07, 6.45) is 4.07. The molecular formula is C14H16ClFN2. The fourth-order valence-electron chi connectivity index (χ4n) is 4.09. The zero-order valence-corrected chi connectivity index (χ0v) is 10.9. The Morgan fingerprint density at radius 2 is 2.22 bits per heavy atom. The maximum Gasteiger partial charge on any atom is 0.143 e. The number of benzene rings is 1. The van der Waals surface area contributed by atoms with Gasteiger partial charge in [0.25, 0.3) is 0 Å². The topological polar surface area (TPSA) is 15.3 Å². The van der Waals surface area contributed by atoms with Gasteiger partial charge in [-0.05, 0) is 30.7 Å². The van der Waals surface area contributed by atoms with Crippen LogP contribution in [0.3, 0.4) is 0 Å². The van der Waals surface area contributed by atoms with Gasteiger partial charge < -0.3 is 10.2 Å². The van der Waals surface area contributed by atoms with Crippen molar-refractivity contribution in [2.75, 3.05) is 23.3 Å². The van der Waals surface area contributed by atoms with Gasteiger partial charge in [-0.1, -0.05) is 18.0 Å². The van der Waals surface area contributed by atoms with Gasteiger partial charge in [0.2, 0.25) is 0 Å². The first kappa shape index (κ1) is 10.9. The van der Waals surface area contributed by atoms with Crippen LogP contribution < -0.4 is 10.2 Å². The van der Waals surface area contributed by atoms with Gasteiger partial charge in [-0.15, -0.1) is 0 Å². The van der Waals surface area contributed by atoms with Crippen LogP contribution in [0.15, 0.2) is 12.1 Å². The van der Waals surface area contributed by atoms with E-state index in [0.717, 1.165) is 36.3 Å². The Bertz CT molecular complexity index is 505. The van der Waals surface area contributed by atoms with Gasteiger partial charge >= 0.3 is 0 Å². The minimum Gasteiger partial charge on any atom is -0.381 e. The summed E-state index contributed by atoms with van der Waals surface area (Å²) in [4.78, 5) is 2.45. The molecule has 1 aromatic carbocycles. The van der Waals surface area contributed by atoms with Gasteiger partial charge in [-0.3, -0.25) is 0 Å². The summed E-state index contributed by atoms with van der Waals surface area (Å²) < 4.78 is 13.5. The zero-order valence-electron chi connectivity index (χ0n) is 10.1.